The van der Waals surface area contributed by atoms with Gasteiger partial charge in [0.05, 0.1) is 13.2 Å². The number of nitrogens with two attached hydrogens (primary N) is 1. The molecule has 82 valence electrons. The number of hydrogen-bond acceptors (Lipinski definition) is 6. The predicted octanol–water partition coefficient (Wildman–Crippen LogP) is 0.260. The van der Waals surface area contributed by atoms with Crippen LogP contribution in [0.2, 0.25) is 0 Å². The fourth-order valence-corrected chi connectivity index (χ4v) is 2.24. The monoisotopic (exact) mass is 229 g/mol. The van der Waals surface area contributed by atoms with Gasteiger partial charge in [0.15, 0.2) is 15.8 Å². The van der Waals surface area contributed by atoms with E-state index in [1.807, 2.05) is 4.90 Å². The third-order valence-corrected chi connectivity index (χ3v) is 3.24. The molecule has 15 heavy (non-hydrogen) atoms. The number of carboxylic acid groups (broad SMARTS) is 1. The Balaban J connectivity index is 2.21. The molecule has 3 N–H and O–H groups in total. The molecule has 2 rings (SSSR count). The van der Waals surface area contributed by atoms with E-state index in [0.717, 1.165) is 24.4 Å². The second kappa shape index (κ2) is 4.03. The molecule has 2 heterocycles. The van der Waals surface area contributed by atoms with E-state index in [4.69, 9.17) is 15.6 Å². The number of aromatic nitrogens is 1. The standard InChI is InChI=1S/C8H11N3O3S/c9-6-5(7(12)13)15-8(10-6)11-1-3-14-4-2-11/h1-4,9H2,(H,12,13). The van der Waals surface area contributed by atoms with E-state index in [2.05, 4.69) is 4.98 Å². The number of carbonyl (C=O) groups is 1. The van der Waals surface area contributed by atoms with E-state index >= 15 is 0 Å². The first kappa shape index (κ1) is 10.2. The Kier molecular flexibility index (Phi) is 2.74. The molecular formula is C8H11N3O3S. The average molecular weight is 229 g/mol. The third kappa shape index (κ3) is 2.02. The van der Waals surface area contributed by atoms with Crippen LogP contribution in [-0.2, 0) is 4.74 Å². The molecule has 0 atom stereocenters. The summed E-state index contributed by atoms with van der Waals surface area (Å²) >= 11 is 1.11. The first-order valence-electron chi connectivity index (χ1n) is 4.51. The lowest BCUT2D eigenvalue weighted by Crippen LogP contribution is -2.36. The van der Waals surface area contributed by atoms with Crippen molar-refractivity contribution in [3.05, 3.63) is 4.88 Å². The minimum atomic E-state index is -1.02. The number of anilines is 2. The summed E-state index contributed by atoms with van der Waals surface area (Å²) in [5.74, 6) is -0.932. The zero-order valence-electron chi connectivity index (χ0n) is 7.97. The number of hydrogen-bond donors (Lipinski definition) is 2. The lowest BCUT2D eigenvalue weighted by molar-refractivity contribution is 0.0703. The molecule has 1 aromatic rings. The fraction of sp³-hybridized carbons (Fsp3) is 0.500. The van der Waals surface area contributed by atoms with Crippen molar-refractivity contribution in [2.75, 3.05) is 36.9 Å². The Labute approximate surface area is 90.3 Å². The van der Waals surface area contributed by atoms with Gasteiger partial charge in [0.1, 0.15) is 0 Å². The van der Waals surface area contributed by atoms with Gasteiger partial charge in [0.25, 0.3) is 0 Å². The molecule has 1 aliphatic heterocycles. The summed E-state index contributed by atoms with van der Waals surface area (Å²) in [5.41, 5.74) is 5.51. The minimum Gasteiger partial charge on any atom is -0.477 e. The smallest absolute Gasteiger partial charge is 0.349 e. The van der Waals surface area contributed by atoms with Crippen LogP contribution in [0, 0.1) is 0 Å². The molecule has 1 fully saturated rings. The molecule has 1 saturated heterocycles. The van der Waals surface area contributed by atoms with Gasteiger partial charge in [-0.05, 0) is 0 Å². The summed E-state index contributed by atoms with van der Waals surface area (Å²) < 4.78 is 5.19. The summed E-state index contributed by atoms with van der Waals surface area (Å²) in [6.45, 7) is 2.74. The molecular weight excluding hydrogens is 218 g/mol. The minimum absolute atomic E-state index is 0.0917. The molecule has 0 amide bonds. The number of aromatic carboxylic acids is 1. The van der Waals surface area contributed by atoms with Crippen molar-refractivity contribution in [1.82, 2.24) is 4.98 Å². The summed E-state index contributed by atoms with van der Waals surface area (Å²) in [7, 11) is 0. The predicted molar refractivity (Wildman–Crippen MR) is 56.5 cm³/mol. The Morgan fingerprint density at radius 3 is 2.73 bits per heavy atom. The summed E-state index contributed by atoms with van der Waals surface area (Å²) in [5, 5.41) is 9.48. The van der Waals surface area contributed by atoms with Gasteiger partial charge in [-0.3, -0.25) is 0 Å². The van der Waals surface area contributed by atoms with Crippen LogP contribution in [0.4, 0.5) is 10.9 Å². The number of ether oxygens (including phenoxy) is 1. The molecule has 0 aromatic carbocycles. The largest absolute Gasteiger partial charge is 0.477 e. The van der Waals surface area contributed by atoms with Gasteiger partial charge >= 0.3 is 5.97 Å². The number of thiazole rings is 1. The number of carboxylic acids is 1. The normalized spacial score (nSPS) is 16.7. The molecule has 1 aromatic heterocycles. The molecule has 0 spiro atoms. The van der Waals surface area contributed by atoms with Crippen LogP contribution < -0.4 is 10.6 Å². The van der Waals surface area contributed by atoms with Gasteiger partial charge in [-0.15, -0.1) is 0 Å². The second-order valence-corrected chi connectivity index (χ2v) is 4.09. The molecule has 6 nitrogen and oxygen atoms in total. The molecule has 0 saturated carbocycles. The average Bonchev–Trinajstić information content (AvgIpc) is 2.62. The van der Waals surface area contributed by atoms with Crippen molar-refractivity contribution in [2.45, 2.75) is 0 Å². The molecule has 0 bridgehead atoms. The van der Waals surface area contributed by atoms with Crippen molar-refractivity contribution < 1.29 is 14.6 Å². The Morgan fingerprint density at radius 2 is 2.20 bits per heavy atom. The van der Waals surface area contributed by atoms with Gasteiger partial charge in [-0.2, -0.15) is 0 Å². The topological polar surface area (TPSA) is 88.7 Å². The Morgan fingerprint density at radius 1 is 1.53 bits per heavy atom. The summed E-state index contributed by atoms with van der Waals surface area (Å²) in [6.07, 6.45) is 0. The highest BCUT2D eigenvalue weighted by molar-refractivity contribution is 7.17. The maximum absolute atomic E-state index is 10.8. The highest BCUT2D eigenvalue weighted by atomic mass is 32.1. The van der Waals surface area contributed by atoms with E-state index in [-0.39, 0.29) is 10.7 Å². The van der Waals surface area contributed by atoms with E-state index in [0.29, 0.717) is 18.3 Å². The van der Waals surface area contributed by atoms with E-state index in [1.54, 1.807) is 0 Å². The van der Waals surface area contributed by atoms with E-state index in [9.17, 15) is 4.79 Å². The molecule has 0 unspecified atom stereocenters. The van der Waals surface area contributed by atoms with E-state index < -0.39 is 5.97 Å². The highest BCUT2D eigenvalue weighted by Crippen LogP contribution is 2.28. The Hall–Kier alpha value is -1.34. The SMILES string of the molecule is Nc1nc(N2CCOCC2)sc1C(=O)O. The van der Waals surface area contributed by atoms with Crippen molar-refractivity contribution in [3.8, 4) is 0 Å². The zero-order chi connectivity index (χ0) is 10.8. The van der Waals surface area contributed by atoms with Crippen molar-refractivity contribution in [3.63, 3.8) is 0 Å². The highest BCUT2D eigenvalue weighted by Gasteiger charge is 2.20. The number of nitrogen functional groups attached to an aromatic ring is 1. The van der Waals surface area contributed by atoms with E-state index in [1.165, 1.54) is 0 Å². The lowest BCUT2D eigenvalue weighted by Gasteiger charge is -2.25. The van der Waals surface area contributed by atoms with Crippen molar-refractivity contribution in [1.29, 1.82) is 0 Å². The summed E-state index contributed by atoms with van der Waals surface area (Å²) in [6, 6.07) is 0. The van der Waals surface area contributed by atoms with Crippen LogP contribution in [0.3, 0.4) is 0 Å². The number of morpholine rings is 1. The zero-order valence-corrected chi connectivity index (χ0v) is 8.79. The lowest BCUT2D eigenvalue weighted by atomic mass is 10.5. The first-order valence-corrected chi connectivity index (χ1v) is 5.32. The van der Waals surface area contributed by atoms with Crippen LogP contribution in [-0.4, -0.2) is 42.4 Å². The Bertz CT molecular complexity index is 373. The maximum Gasteiger partial charge on any atom is 0.349 e. The van der Waals surface area contributed by atoms with Gasteiger partial charge in [-0.1, -0.05) is 11.3 Å². The molecule has 0 aliphatic carbocycles. The fourth-order valence-electron chi connectivity index (χ4n) is 1.36. The van der Waals surface area contributed by atoms with Crippen LogP contribution in [0.1, 0.15) is 9.67 Å². The first-order chi connectivity index (χ1) is 7.18. The van der Waals surface area contributed by atoms with Gasteiger partial charge in [-0.25, -0.2) is 9.78 Å². The molecule has 1 aliphatic rings. The van der Waals surface area contributed by atoms with Crippen LogP contribution >= 0.6 is 11.3 Å². The molecule has 0 radical (unpaired) electrons. The second-order valence-electron chi connectivity index (χ2n) is 3.12. The maximum atomic E-state index is 10.8. The molecule has 7 heteroatoms. The van der Waals surface area contributed by atoms with Crippen molar-refractivity contribution >= 4 is 28.3 Å². The van der Waals surface area contributed by atoms with Crippen LogP contribution in [0.15, 0.2) is 0 Å². The van der Waals surface area contributed by atoms with Gasteiger partial charge in [0, 0.05) is 13.1 Å². The number of rotatable bonds is 2. The van der Waals surface area contributed by atoms with Gasteiger partial charge in [0.2, 0.25) is 0 Å². The van der Waals surface area contributed by atoms with Gasteiger partial charge < -0.3 is 20.5 Å². The third-order valence-electron chi connectivity index (χ3n) is 2.12. The van der Waals surface area contributed by atoms with Crippen LogP contribution in [0.25, 0.3) is 0 Å². The quantitative estimate of drug-likeness (QED) is 0.756. The van der Waals surface area contributed by atoms with Crippen molar-refractivity contribution in [2.24, 2.45) is 0 Å². The number of nitrogens with zero attached hydrogens (tertiary/aromatic N) is 2. The summed E-state index contributed by atoms with van der Waals surface area (Å²) in [4.78, 5) is 16.9. The van der Waals surface area contributed by atoms with Crippen LogP contribution in [0.5, 0.6) is 0 Å².